The van der Waals surface area contributed by atoms with Gasteiger partial charge in [-0.3, -0.25) is 0 Å². The first kappa shape index (κ1) is 12.0. The van der Waals surface area contributed by atoms with E-state index in [9.17, 15) is 0 Å². The summed E-state index contributed by atoms with van der Waals surface area (Å²) < 4.78 is 0. The molecule has 84 valence electrons. The zero-order valence-corrected chi connectivity index (χ0v) is 9.46. The summed E-state index contributed by atoms with van der Waals surface area (Å²) in [6.07, 6.45) is 0.675. The van der Waals surface area contributed by atoms with Crippen LogP contribution in [0.1, 0.15) is 19.4 Å². The standard InChI is InChI=1S/C12H20N2O/c1-12(2,13)9-14-11-6-4-3-5-10(11)7-8-15/h3-6,14-15H,7-9,13H2,1-2H3. The zero-order chi connectivity index (χ0) is 11.3. The lowest BCUT2D eigenvalue weighted by atomic mass is 10.1. The van der Waals surface area contributed by atoms with Crippen LogP contribution in [0, 0.1) is 0 Å². The fourth-order valence-electron chi connectivity index (χ4n) is 1.35. The fraction of sp³-hybridized carbons (Fsp3) is 0.500. The molecule has 3 nitrogen and oxygen atoms in total. The number of aliphatic hydroxyl groups is 1. The molecular formula is C12H20N2O. The van der Waals surface area contributed by atoms with Crippen molar-refractivity contribution < 1.29 is 5.11 Å². The number of anilines is 1. The van der Waals surface area contributed by atoms with Crippen molar-refractivity contribution in [1.82, 2.24) is 0 Å². The Kier molecular flexibility index (Phi) is 4.12. The van der Waals surface area contributed by atoms with Crippen LogP contribution in [0.2, 0.25) is 0 Å². The van der Waals surface area contributed by atoms with Gasteiger partial charge in [-0.25, -0.2) is 0 Å². The highest BCUT2D eigenvalue weighted by Crippen LogP contribution is 2.16. The predicted molar refractivity (Wildman–Crippen MR) is 64.0 cm³/mol. The third kappa shape index (κ3) is 4.32. The number of rotatable bonds is 5. The Balaban J connectivity index is 2.67. The highest BCUT2D eigenvalue weighted by atomic mass is 16.2. The van der Waals surface area contributed by atoms with E-state index in [1.807, 2.05) is 38.1 Å². The Bertz CT molecular complexity index is 305. The van der Waals surface area contributed by atoms with Crippen molar-refractivity contribution in [3.63, 3.8) is 0 Å². The van der Waals surface area contributed by atoms with Crippen molar-refractivity contribution in [2.75, 3.05) is 18.5 Å². The van der Waals surface area contributed by atoms with Crippen LogP contribution < -0.4 is 11.1 Å². The number of hydrogen-bond donors (Lipinski definition) is 3. The van der Waals surface area contributed by atoms with Crippen LogP contribution in [-0.2, 0) is 6.42 Å². The van der Waals surface area contributed by atoms with Crippen LogP contribution >= 0.6 is 0 Å². The maximum absolute atomic E-state index is 8.92. The number of para-hydroxylation sites is 1. The third-order valence-electron chi connectivity index (χ3n) is 2.13. The molecule has 0 amide bonds. The van der Waals surface area contributed by atoms with Gasteiger partial charge in [0.05, 0.1) is 0 Å². The Morgan fingerprint density at radius 2 is 2.00 bits per heavy atom. The Morgan fingerprint density at radius 3 is 2.60 bits per heavy atom. The SMILES string of the molecule is CC(C)(N)CNc1ccccc1CCO. The maximum Gasteiger partial charge on any atom is 0.0472 e. The highest BCUT2D eigenvalue weighted by molar-refractivity contribution is 5.51. The lowest BCUT2D eigenvalue weighted by Gasteiger charge is -2.21. The molecule has 0 radical (unpaired) electrons. The molecule has 1 aromatic carbocycles. The molecule has 0 aliphatic carbocycles. The molecule has 0 heterocycles. The molecule has 4 N–H and O–H groups in total. The number of nitrogens with one attached hydrogen (secondary N) is 1. The molecular weight excluding hydrogens is 188 g/mol. The van der Waals surface area contributed by atoms with E-state index in [0.29, 0.717) is 6.42 Å². The molecule has 0 atom stereocenters. The second-order valence-corrected chi connectivity index (χ2v) is 4.47. The van der Waals surface area contributed by atoms with Gasteiger partial charge in [-0.15, -0.1) is 0 Å². The van der Waals surface area contributed by atoms with E-state index in [2.05, 4.69) is 5.32 Å². The van der Waals surface area contributed by atoms with Gasteiger partial charge in [0.1, 0.15) is 0 Å². The molecule has 0 aliphatic rings. The van der Waals surface area contributed by atoms with E-state index in [4.69, 9.17) is 10.8 Å². The molecule has 1 aromatic rings. The van der Waals surface area contributed by atoms with E-state index in [-0.39, 0.29) is 12.1 Å². The van der Waals surface area contributed by atoms with Gasteiger partial charge in [0, 0.05) is 24.4 Å². The van der Waals surface area contributed by atoms with Gasteiger partial charge in [-0.05, 0) is 31.9 Å². The number of benzene rings is 1. The summed E-state index contributed by atoms with van der Waals surface area (Å²) in [6.45, 7) is 4.85. The van der Waals surface area contributed by atoms with Gasteiger partial charge in [0.2, 0.25) is 0 Å². The first-order valence-corrected chi connectivity index (χ1v) is 5.24. The maximum atomic E-state index is 8.92. The minimum Gasteiger partial charge on any atom is -0.396 e. The average Bonchev–Trinajstić information content (AvgIpc) is 2.16. The summed E-state index contributed by atoms with van der Waals surface area (Å²) in [4.78, 5) is 0. The molecule has 3 heteroatoms. The molecule has 1 rings (SSSR count). The van der Waals surface area contributed by atoms with Crippen LogP contribution in [0.4, 0.5) is 5.69 Å². The Morgan fingerprint density at radius 1 is 1.33 bits per heavy atom. The molecule has 0 bridgehead atoms. The van der Waals surface area contributed by atoms with Crippen LogP contribution in [0.5, 0.6) is 0 Å². The first-order chi connectivity index (χ1) is 7.03. The predicted octanol–water partition coefficient (Wildman–Crippen LogP) is 1.37. The summed E-state index contributed by atoms with van der Waals surface area (Å²) in [5.74, 6) is 0. The molecule has 0 aromatic heterocycles. The normalized spacial score (nSPS) is 11.5. The number of aliphatic hydroxyl groups excluding tert-OH is 1. The van der Waals surface area contributed by atoms with Crippen LogP contribution in [0.15, 0.2) is 24.3 Å². The first-order valence-electron chi connectivity index (χ1n) is 5.24. The second kappa shape index (κ2) is 5.14. The molecule has 0 fully saturated rings. The molecule has 0 unspecified atom stereocenters. The van der Waals surface area contributed by atoms with Crippen molar-refractivity contribution in [2.45, 2.75) is 25.8 Å². The fourth-order valence-corrected chi connectivity index (χ4v) is 1.35. The molecule has 15 heavy (non-hydrogen) atoms. The van der Waals surface area contributed by atoms with Crippen molar-refractivity contribution in [3.05, 3.63) is 29.8 Å². The Labute approximate surface area is 91.3 Å². The van der Waals surface area contributed by atoms with Crippen LogP contribution in [0.25, 0.3) is 0 Å². The Hall–Kier alpha value is -1.06. The lowest BCUT2D eigenvalue weighted by Crippen LogP contribution is -2.39. The van der Waals surface area contributed by atoms with E-state index in [1.54, 1.807) is 0 Å². The number of hydrogen-bond acceptors (Lipinski definition) is 3. The minimum atomic E-state index is -0.230. The summed E-state index contributed by atoms with van der Waals surface area (Å²) >= 11 is 0. The van der Waals surface area contributed by atoms with Crippen LogP contribution in [0.3, 0.4) is 0 Å². The summed E-state index contributed by atoms with van der Waals surface area (Å²) in [5, 5.41) is 12.2. The summed E-state index contributed by atoms with van der Waals surface area (Å²) in [6, 6.07) is 7.98. The van der Waals surface area contributed by atoms with Gasteiger partial charge in [-0.1, -0.05) is 18.2 Å². The second-order valence-electron chi connectivity index (χ2n) is 4.47. The van der Waals surface area contributed by atoms with Crippen LogP contribution in [-0.4, -0.2) is 23.8 Å². The van der Waals surface area contributed by atoms with Crippen molar-refractivity contribution in [2.24, 2.45) is 5.73 Å². The smallest absolute Gasteiger partial charge is 0.0472 e. The molecule has 0 spiro atoms. The lowest BCUT2D eigenvalue weighted by molar-refractivity contribution is 0.300. The third-order valence-corrected chi connectivity index (χ3v) is 2.13. The van der Waals surface area contributed by atoms with E-state index < -0.39 is 0 Å². The van der Waals surface area contributed by atoms with E-state index in [1.165, 1.54) is 0 Å². The van der Waals surface area contributed by atoms with Gasteiger partial charge in [-0.2, -0.15) is 0 Å². The van der Waals surface area contributed by atoms with Crippen molar-refractivity contribution in [3.8, 4) is 0 Å². The topological polar surface area (TPSA) is 58.3 Å². The average molecular weight is 208 g/mol. The van der Waals surface area contributed by atoms with E-state index >= 15 is 0 Å². The van der Waals surface area contributed by atoms with E-state index in [0.717, 1.165) is 17.8 Å². The molecule has 0 saturated carbocycles. The van der Waals surface area contributed by atoms with Gasteiger partial charge >= 0.3 is 0 Å². The minimum absolute atomic E-state index is 0.171. The number of nitrogens with two attached hydrogens (primary N) is 1. The largest absolute Gasteiger partial charge is 0.396 e. The van der Waals surface area contributed by atoms with Gasteiger partial charge < -0.3 is 16.2 Å². The zero-order valence-electron chi connectivity index (χ0n) is 9.46. The van der Waals surface area contributed by atoms with Crippen molar-refractivity contribution in [1.29, 1.82) is 0 Å². The summed E-state index contributed by atoms with van der Waals surface area (Å²) in [5.41, 5.74) is 7.85. The summed E-state index contributed by atoms with van der Waals surface area (Å²) in [7, 11) is 0. The molecule has 0 aliphatic heterocycles. The molecule has 0 saturated heterocycles. The van der Waals surface area contributed by atoms with Gasteiger partial charge in [0.15, 0.2) is 0 Å². The quantitative estimate of drug-likeness (QED) is 0.685. The highest BCUT2D eigenvalue weighted by Gasteiger charge is 2.10. The van der Waals surface area contributed by atoms with Crippen molar-refractivity contribution >= 4 is 5.69 Å². The van der Waals surface area contributed by atoms with Gasteiger partial charge in [0.25, 0.3) is 0 Å². The monoisotopic (exact) mass is 208 g/mol.